The van der Waals surface area contributed by atoms with Crippen molar-refractivity contribution in [3.05, 3.63) is 224 Å². The molecule has 0 aliphatic carbocycles. The molecule has 0 spiro atoms. The number of ketones is 1. The number of hydrogen-bond acceptors (Lipinski definition) is 3. The summed E-state index contributed by atoms with van der Waals surface area (Å²) in [7, 11) is -1.75. The number of aromatic nitrogens is 2. The zero-order valence-electron chi connectivity index (χ0n) is 31.4. The molecule has 0 aliphatic heterocycles. The maximum atomic E-state index is 12.4. The van der Waals surface area contributed by atoms with E-state index in [0.717, 1.165) is 4.68 Å². The van der Waals surface area contributed by atoms with Crippen molar-refractivity contribution in [1.29, 1.82) is 0 Å². The first-order chi connectivity index (χ1) is 27.7. The van der Waals surface area contributed by atoms with Crippen LogP contribution in [0.3, 0.4) is 0 Å². The van der Waals surface area contributed by atoms with Crippen molar-refractivity contribution in [1.82, 2.24) is 9.78 Å². The van der Waals surface area contributed by atoms with Crippen LogP contribution in [0, 0.1) is 6.92 Å². The van der Waals surface area contributed by atoms with Crippen LogP contribution in [-0.4, -0.2) is 21.7 Å². The molecule has 58 heavy (non-hydrogen) atoms. The zero-order valence-corrected chi connectivity index (χ0v) is 34.8. The fourth-order valence-electron chi connectivity index (χ4n) is 6.28. The number of para-hydroxylation sites is 1. The normalized spacial score (nSPS) is 10.7. The third-order valence-electron chi connectivity index (χ3n) is 8.88. The summed E-state index contributed by atoms with van der Waals surface area (Å²) in [6, 6.07) is 72.9. The fraction of sp³-hybridized carbons (Fsp3) is 0.0417. The van der Waals surface area contributed by atoms with Crippen LogP contribution in [-0.2, 0) is 22.4 Å². The number of benzene rings is 7. The number of carbonyl (C=O) groups is 1. The minimum atomic E-state index is -5.09. The summed E-state index contributed by atoms with van der Waals surface area (Å²) >= 11 is 0. The molecule has 8 aromatic rings. The maximum Gasteiger partial charge on any atom is 1.00 e. The molecule has 8 rings (SSSR count). The summed E-state index contributed by atoms with van der Waals surface area (Å²) < 4.78 is 37.9. The molecule has 0 N–H and O–H groups in total. The maximum absolute atomic E-state index is 12.4. The van der Waals surface area contributed by atoms with E-state index in [9.17, 15) is 23.1 Å². The first kappa shape index (κ1) is 43.7. The van der Waals surface area contributed by atoms with E-state index in [1.807, 2.05) is 0 Å². The van der Waals surface area contributed by atoms with Crippen molar-refractivity contribution in [3.63, 3.8) is 0 Å². The van der Waals surface area contributed by atoms with Gasteiger partial charge in [0.25, 0.3) is 5.78 Å². The molecule has 0 saturated heterocycles. The average molecular weight is 904 g/mol. The molecule has 10 heteroatoms. The van der Waals surface area contributed by atoms with Gasteiger partial charge in [-0.15, -0.1) is 0 Å². The standard InChI is InChI=1S/2C18H15P.C12H9F3N2O2.Ag/c2*1-4-10-16(11-5-1)19(17-12-6-2-7-13-17)18-14-8-3-9-15-18;1-7-9(10(18)12(13,14)15)11(19)17(16-7)8-5-3-2-4-6-8;/h2*1-15H;2-6,19H,1H3;/q;;;+1/p+1. The first-order valence-corrected chi connectivity index (χ1v) is 21.2. The largest absolute Gasteiger partial charge is 1.00 e. The van der Waals surface area contributed by atoms with Gasteiger partial charge in [-0.3, -0.25) is 4.79 Å². The number of alkyl halides is 3. The Morgan fingerprint density at radius 1 is 0.483 bits per heavy atom. The summed E-state index contributed by atoms with van der Waals surface area (Å²) in [6.07, 6.45) is -5.09. The van der Waals surface area contributed by atoms with Crippen LogP contribution in [0.2, 0.25) is 0 Å². The predicted molar refractivity (Wildman–Crippen MR) is 231 cm³/mol. The van der Waals surface area contributed by atoms with Crippen molar-refractivity contribution in [3.8, 4) is 11.6 Å². The van der Waals surface area contributed by atoms with E-state index in [1.165, 1.54) is 50.9 Å². The molecule has 1 heterocycles. The molecular formula is C48H40AgF3N2O2P2+2. The Morgan fingerprint density at radius 2 is 0.724 bits per heavy atom. The summed E-state index contributed by atoms with van der Waals surface area (Å²) in [4.78, 5) is 11.2. The van der Waals surface area contributed by atoms with Gasteiger partial charge in [0.1, 0.15) is 31.8 Å². The number of Topliss-reactive ketones (excluding diaryl/α,β-unsaturated/α-hetero) is 1. The van der Waals surface area contributed by atoms with Gasteiger partial charge in [-0.2, -0.15) is 18.3 Å². The smallest absolute Gasteiger partial charge is 0.858 e. The van der Waals surface area contributed by atoms with Crippen LogP contribution in [0.15, 0.2) is 212 Å². The van der Waals surface area contributed by atoms with Gasteiger partial charge >= 0.3 is 28.6 Å². The van der Waals surface area contributed by atoms with Crippen LogP contribution in [0.25, 0.3) is 5.69 Å². The number of rotatable bonds is 8. The van der Waals surface area contributed by atoms with Crippen molar-refractivity contribution in [2.45, 2.75) is 13.1 Å². The number of nitrogens with zero attached hydrogens (tertiary/aromatic N) is 2. The second kappa shape index (κ2) is 21.4. The van der Waals surface area contributed by atoms with E-state index in [-0.39, 0.29) is 28.1 Å². The third-order valence-corrected chi connectivity index (χ3v) is 14.3. The minimum absolute atomic E-state index is 0. The summed E-state index contributed by atoms with van der Waals surface area (Å²) in [6.45, 7) is 1.19. The van der Waals surface area contributed by atoms with Gasteiger partial charge in [-0.05, 0) is 91.9 Å². The van der Waals surface area contributed by atoms with Crippen LogP contribution in [0.4, 0.5) is 13.2 Å². The van der Waals surface area contributed by atoms with Gasteiger partial charge in [-0.25, -0.2) is 4.68 Å². The third kappa shape index (κ3) is 11.4. The molecule has 0 aliphatic rings. The number of aryl methyl sites for hydroxylation is 1. The van der Waals surface area contributed by atoms with E-state index in [2.05, 4.69) is 187 Å². The molecule has 0 bridgehead atoms. The molecule has 0 saturated carbocycles. The van der Waals surface area contributed by atoms with Crippen molar-refractivity contribution >= 4 is 53.5 Å². The Morgan fingerprint density at radius 3 is 0.966 bits per heavy atom. The van der Waals surface area contributed by atoms with Crippen molar-refractivity contribution < 1.29 is 45.5 Å². The monoisotopic (exact) mass is 902 g/mol. The molecule has 1 aromatic heterocycles. The quantitative estimate of drug-likeness (QED) is 0.0876. The Hall–Kier alpha value is -5.39. The second-order valence-electron chi connectivity index (χ2n) is 12.8. The summed E-state index contributed by atoms with van der Waals surface area (Å²) in [5.41, 5.74) is -0.871. The topological polar surface area (TPSA) is 57.9 Å². The fourth-order valence-corrected chi connectivity index (χ4v) is 11.4. The Kier molecular flexibility index (Phi) is 16.1. The van der Waals surface area contributed by atoms with Gasteiger partial charge in [0, 0.05) is 5.88 Å². The molecule has 0 amide bonds. The predicted octanol–water partition coefficient (Wildman–Crippen LogP) is 8.35. The van der Waals surface area contributed by atoms with Crippen LogP contribution in [0.1, 0.15) is 16.1 Å². The van der Waals surface area contributed by atoms with Crippen LogP contribution < -0.4 is 36.9 Å². The molecule has 0 radical (unpaired) electrons. The number of hydrogen-bond donors (Lipinski definition) is 0. The molecule has 4 nitrogen and oxygen atoms in total. The molecule has 0 fully saturated rings. The minimum Gasteiger partial charge on any atom is -0.858 e. The SMILES string of the molecule is Cc1nn(-c2ccccc2)c([O-])c1C(=O)C(F)(F)F.[Ag+].c1ccc([PH+](c2ccccc2)c2ccccc2)cc1.c1ccc([PH+](c2ccccc2)c2ccccc2)cc1. The molecule has 0 atom stereocenters. The molecular weight excluding hydrogens is 863 g/mol. The van der Waals surface area contributed by atoms with Gasteiger partial charge < -0.3 is 5.11 Å². The zero-order chi connectivity index (χ0) is 40.0. The first-order valence-electron chi connectivity index (χ1n) is 18.2. The molecule has 294 valence electrons. The van der Waals surface area contributed by atoms with Crippen molar-refractivity contribution in [2.75, 3.05) is 0 Å². The Bertz CT molecular complexity index is 2120. The molecule has 7 aromatic carbocycles. The summed E-state index contributed by atoms with van der Waals surface area (Å²) in [5.74, 6) is -3.23. The van der Waals surface area contributed by atoms with E-state index in [4.69, 9.17) is 0 Å². The van der Waals surface area contributed by atoms with E-state index >= 15 is 0 Å². The Balaban J connectivity index is 0.000000164. The van der Waals surface area contributed by atoms with E-state index in [1.54, 1.807) is 18.2 Å². The molecule has 0 unspecified atom stereocenters. The van der Waals surface area contributed by atoms with Gasteiger partial charge in [0.05, 0.1) is 32.8 Å². The van der Waals surface area contributed by atoms with Gasteiger partial charge in [0.15, 0.2) is 0 Å². The van der Waals surface area contributed by atoms with Crippen LogP contribution >= 0.6 is 15.8 Å². The van der Waals surface area contributed by atoms with E-state index in [0.29, 0.717) is 5.69 Å². The van der Waals surface area contributed by atoms with Crippen LogP contribution in [0.5, 0.6) is 5.88 Å². The number of carbonyl (C=O) groups excluding carboxylic acids is 1. The van der Waals surface area contributed by atoms with Gasteiger partial charge in [0.2, 0.25) is 0 Å². The van der Waals surface area contributed by atoms with E-state index < -0.39 is 39.2 Å². The van der Waals surface area contributed by atoms with Crippen molar-refractivity contribution in [2.24, 2.45) is 0 Å². The average Bonchev–Trinajstić information content (AvgIpc) is 3.56. The second-order valence-corrected chi connectivity index (χ2v) is 17.8. The summed E-state index contributed by atoms with van der Waals surface area (Å²) in [5, 5.41) is 24.2. The number of halogens is 3. The van der Waals surface area contributed by atoms with Gasteiger partial charge in [-0.1, -0.05) is 127 Å². The Labute approximate surface area is 355 Å².